The van der Waals surface area contributed by atoms with Gasteiger partial charge in [0.15, 0.2) is 0 Å². The molecule has 0 saturated heterocycles. The molecule has 0 spiro atoms. The molecule has 11 heavy (non-hydrogen) atoms. The highest BCUT2D eigenvalue weighted by molar-refractivity contribution is 7.16. The van der Waals surface area contributed by atoms with Gasteiger partial charge in [0, 0.05) is 0 Å². The quantitative estimate of drug-likeness (QED) is 0.406. The Morgan fingerprint density at radius 3 is 2.64 bits per heavy atom. The highest BCUT2D eigenvalue weighted by Gasteiger charge is 2.03. The van der Waals surface area contributed by atoms with Gasteiger partial charge >= 0.3 is 0 Å². The van der Waals surface area contributed by atoms with Gasteiger partial charge in [0.1, 0.15) is 0 Å². The first-order valence-corrected chi connectivity index (χ1v) is 5.47. The van der Waals surface area contributed by atoms with E-state index < -0.39 is 0 Å². The number of hydrogen-bond acceptors (Lipinski definition) is 0. The second-order valence-electron chi connectivity index (χ2n) is 3.11. The summed E-state index contributed by atoms with van der Waals surface area (Å²) in [5.41, 5.74) is 0. The maximum absolute atomic E-state index is 3.74. The van der Waals surface area contributed by atoms with Crippen LogP contribution < -0.4 is 0 Å². The normalized spacial score (nSPS) is 12.9. The molecule has 0 aliphatic heterocycles. The topological polar surface area (TPSA) is 0 Å². The molecule has 0 fully saturated rings. The fourth-order valence-electron chi connectivity index (χ4n) is 1.23. The highest BCUT2D eigenvalue weighted by Crippen LogP contribution is 2.17. The zero-order valence-corrected chi connectivity index (χ0v) is 8.84. The van der Waals surface area contributed by atoms with Crippen molar-refractivity contribution in [3.63, 3.8) is 0 Å². The van der Waals surface area contributed by atoms with Crippen molar-refractivity contribution in [2.45, 2.75) is 39.0 Å². The Hall–Kier alpha value is 0.170. The summed E-state index contributed by atoms with van der Waals surface area (Å²) in [5, 5.41) is 0. The molecule has 0 heterocycles. The first-order valence-electron chi connectivity index (χ1n) is 4.66. The predicted octanol–water partition coefficient (Wildman–Crippen LogP) is 3.63. The van der Waals surface area contributed by atoms with Crippen molar-refractivity contribution in [1.82, 2.24) is 0 Å². The number of allylic oxidation sites excluding steroid dienone is 1. The third kappa shape index (κ3) is 6.56. The van der Waals surface area contributed by atoms with Gasteiger partial charge in [-0.15, -0.1) is 15.8 Å². The summed E-state index contributed by atoms with van der Waals surface area (Å²) < 4.78 is 0. The molecule has 0 bridgehead atoms. The van der Waals surface area contributed by atoms with E-state index in [0.717, 1.165) is 5.92 Å². The second-order valence-corrected chi connectivity index (χ2v) is 3.58. The van der Waals surface area contributed by atoms with Crippen LogP contribution in [-0.4, -0.2) is 6.16 Å². The lowest BCUT2D eigenvalue weighted by Crippen LogP contribution is -2.00. The maximum atomic E-state index is 3.74. The lowest BCUT2D eigenvalue weighted by atomic mass is 9.99. The van der Waals surface area contributed by atoms with Crippen LogP contribution in [0.5, 0.6) is 0 Å². The minimum Gasteiger partial charge on any atom is -0.137 e. The van der Waals surface area contributed by atoms with Crippen LogP contribution in [-0.2, 0) is 0 Å². The molecule has 0 aliphatic carbocycles. The monoisotopic (exact) mass is 172 g/mol. The highest BCUT2D eigenvalue weighted by atomic mass is 31.0. The van der Waals surface area contributed by atoms with Crippen molar-refractivity contribution in [1.29, 1.82) is 0 Å². The molecule has 66 valence electrons. The van der Waals surface area contributed by atoms with E-state index in [0.29, 0.717) is 0 Å². The van der Waals surface area contributed by atoms with Crippen LogP contribution in [0.4, 0.5) is 0 Å². The van der Waals surface area contributed by atoms with Gasteiger partial charge in [-0.25, -0.2) is 0 Å². The Bertz CT molecular complexity index is 88.9. The lowest BCUT2D eigenvalue weighted by Gasteiger charge is -2.11. The van der Waals surface area contributed by atoms with Crippen LogP contribution in [0.2, 0.25) is 0 Å². The molecule has 0 aromatic heterocycles. The average Bonchev–Trinajstić information content (AvgIpc) is 2.05. The van der Waals surface area contributed by atoms with Crippen molar-refractivity contribution in [3.8, 4) is 0 Å². The maximum Gasteiger partial charge on any atom is -0.0351 e. The number of unbranched alkanes of at least 4 members (excludes halogenated alkanes) is 1. The molecule has 0 amide bonds. The van der Waals surface area contributed by atoms with Crippen LogP contribution in [0, 0.1) is 5.92 Å². The third-order valence-electron chi connectivity index (χ3n) is 2.08. The van der Waals surface area contributed by atoms with E-state index in [1.807, 2.05) is 6.08 Å². The van der Waals surface area contributed by atoms with Gasteiger partial charge in [-0.2, -0.15) is 0 Å². The number of hydrogen-bond donors (Lipinski definition) is 0. The molecule has 2 unspecified atom stereocenters. The van der Waals surface area contributed by atoms with Crippen molar-refractivity contribution >= 4 is 9.24 Å². The van der Waals surface area contributed by atoms with E-state index in [4.69, 9.17) is 0 Å². The van der Waals surface area contributed by atoms with E-state index in [2.05, 4.69) is 22.7 Å². The molecule has 0 aromatic carbocycles. The minimum atomic E-state index is 0.915. The van der Waals surface area contributed by atoms with Crippen molar-refractivity contribution in [2.24, 2.45) is 5.92 Å². The summed E-state index contributed by atoms with van der Waals surface area (Å²) in [6.45, 7) is 6.00. The Kier molecular flexibility index (Phi) is 8.40. The van der Waals surface area contributed by atoms with Crippen LogP contribution in [0.15, 0.2) is 12.7 Å². The van der Waals surface area contributed by atoms with Crippen molar-refractivity contribution in [3.05, 3.63) is 12.7 Å². The SMILES string of the molecule is C=CCCC(CP)CCCC. The molecule has 0 nitrogen and oxygen atoms in total. The van der Waals surface area contributed by atoms with Gasteiger partial charge in [0.2, 0.25) is 0 Å². The summed E-state index contributed by atoms with van der Waals surface area (Å²) in [5.74, 6) is 0.915. The van der Waals surface area contributed by atoms with Gasteiger partial charge < -0.3 is 0 Å². The molecule has 0 radical (unpaired) electrons. The fraction of sp³-hybridized carbons (Fsp3) is 0.800. The Morgan fingerprint density at radius 2 is 2.18 bits per heavy atom. The lowest BCUT2D eigenvalue weighted by molar-refractivity contribution is 0.483. The molecule has 0 aromatic rings. The molecule has 2 atom stereocenters. The van der Waals surface area contributed by atoms with Crippen molar-refractivity contribution < 1.29 is 0 Å². The first-order chi connectivity index (χ1) is 5.35. The molecule has 0 aliphatic rings. The van der Waals surface area contributed by atoms with Crippen LogP contribution in [0.3, 0.4) is 0 Å². The zero-order valence-electron chi connectivity index (χ0n) is 7.68. The summed E-state index contributed by atoms with van der Waals surface area (Å²) in [6.07, 6.45) is 9.90. The van der Waals surface area contributed by atoms with Crippen LogP contribution >= 0.6 is 9.24 Å². The van der Waals surface area contributed by atoms with Gasteiger partial charge in [-0.1, -0.05) is 32.3 Å². The standard InChI is InChI=1S/C10H21P/c1-3-5-7-10(9-11)8-6-4-2/h3,10H,1,4-9,11H2,2H3. The third-order valence-corrected chi connectivity index (χ3v) is 2.74. The van der Waals surface area contributed by atoms with Gasteiger partial charge in [-0.3, -0.25) is 0 Å². The van der Waals surface area contributed by atoms with E-state index in [1.165, 1.54) is 38.3 Å². The average molecular weight is 172 g/mol. The van der Waals surface area contributed by atoms with E-state index >= 15 is 0 Å². The molecule has 1 heteroatoms. The second kappa shape index (κ2) is 8.27. The van der Waals surface area contributed by atoms with E-state index in [-0.39, 0.29) is 0 Å². The molecule has 0 rings (SSSR count). The largest absolute Gasteiger partial charge is 0.137 e. The van der Waals surface area contributed by atoms with E-state index in [1.54, 1.807) is 0 Å². The zero-order chi connectivity index (χ0) is 8.53. The Balaban J connectivity index is 3.32. The van der Waals surface area contributed by atoms with Gasteiger partial charge in [-0.05, 0) is 24.9 Å². The van der Waals surface area contributed by atoms with Crippen LogP contribution in [0.25, 0.3) is 0 Å². The minimum absolute atomic E-state index is 0.915. The summed E-state index contributed by atoms with van der Waals surface area (Å²) >= 11 is 0. The predicted molar refractivity (Wildman–Crippen MR) is 57.0 cm³/mol. The summed E-state index contributed by atoms with van der Waals surface area (Å²) in [6, 6.07) is 0. The summed E-state index contributed by atoms with van der Waals surface area (Å²) in [4.78, 5) is 0. The molecular formula is C10H21P. The van der Waals surface area contributed by atoms with Crippen LogP contribution in [0.1, 0.15) is 39.0 Å². The molecular weight excluding hydrogens is 151 g/mol. The Morgan fingerprint density at radius 1 is 1.45 bits per heavy atom. The van der Waals surface area contributed by atoms with Gasteiger partial charge in [0.25, 0.3) is 0 Å². The Labute approximate surface area is 73.7 Å². The van der Waals surface area contributed by atoms with Gasteiger partial charge in [0.05, 0.1) is 0 Å². The van der Waals surface area contributed by atoms with E-state index in [9.17, 15) is 0 Å². The van der Waals surface area contributed by atoms with Crippen molar-refractivity contribution in [2.75, 3.05) is 6.16 Å². The smallest absolute Gasteiger partial charge is 0.0351 e. The molecule has 0 N–H and O–H groups in total. The first kappa shape index (κ1) is 11.2. The molecule has 0 saturated carbocycles. The number of rotatable bonds is 7. The summed E-state index contributed by atoms with van der Waals surface area (Å²) in [7, 11) is 2.85. The fourth-order valence-corrected chi connectivity index (χ4v) is 1.70.